The van der Waals surface area contributed by atoms with Gasteiger partial charge in [-0.05, 0) is 30.5 Å². The highest BCUT2D eigenvalue weighted by Gasteiger charge is 2.17. The van der Waals surface area contributed by atoms with Crippen LogP contribution in [-0.4, -0.2) is 17.8 Å². The van der Waals surface area contributed by atoms with E-state index in [1.165, 1.54) is 0 Å². The maximum absolute atomic E-state index is 13.4. The molecule has 18 heavy (non-hydrogen) atoms. The summed E-state index contributed by atoms with van der Waals surface area (Å²) in [7, 11) is 0. The number of carbonyl (C=O) groups excluding carboxylic acids is 1. The molecule has 0 aromatic heterocycles. The summed E-state index contributed by atoms with van der Waals surface area (Å²) in [6.07, 6.45) is 0.687. The molecule has 100 valence electrons. The summed E-state index contributed by atoms with van der Waals surface area (Å²) in [5.74, 6) is -1.44. The lowest BCUT2D eigenvalue weighted by molar-refractivity contribution is 0.0932. The molecule has 1 atom stereocenters. The molecule has 2 nitrogen and oxygen atoms in total. The van der Waals surface area contributed by atoms with Gasteiger partial charge in [0.1, 0.15) is 11.6 Å². The summed E-state index contributed by atoms with van der Waals surface area (Å²) < 4.78 is 26.3. The first-order valence-corrected chi connectivity index (χ1v) is 6.29. The second-order valence-corrected chi connectivity index (χ2v) is 4.89. The number of halogens is 3. The van der Waals surface area contributed by atoms with E-state index >= 15 is 0 Å². The summed E-state index contributed by atoms with van der Waals surface area (Å²) in [4.78, 5) is 11.8. The van der Waals surface area contributed by atoms with Crippen molar-refractivity contribution in [2.75, 3.05) is 5.88 Å². The second kappa shape index (κ2) is 6.69. The SMILES string of the molecule is CC(C)CC(CCl)NC(=O)c1cc(F)ccc1F. The number of benzene rings is 1. The quantitative estimate of drug-likeness (QED) is 0.821. The fourth-order valence-electron chi connectivity index (χ4n) is 1.66. The van der Waals surface area contributed by atoms with Gasteiger partial charge in [-0.15, -0.1) is 11.6 Å². The first-order valence-electron chi connectivity index (χ1n) is 5.76. The topological polar surface area (TPSA) is 29.1 Å². The zero-order valence-corrected chi connectivity index (χ0v) is 11.1. The Balaban J connectivity index is 2.77. The lowest BCUT2D eigenvalue weighted by Crippen LogP contribution is -2.37. The molecule has 1 unspecified atom stereocenters. The summed E-state index contributed by atoms with van der Waals surface area (Å²) in [6, 6.07) is 2.54. The van der Waals surface area contributed by atoms with Gasteiger partial charge in [0.25, 0.3) is 5.91 Å². The molecule has 5 heteroatoms. The number of carbonyl (C=O) groups is 1. The van der Waals surface area contributed by atoms with Crippen LogP contribution in [0.1, 0.15) is 30.6 Å². The summed E-state index contributed by atoms with van der Waals surface area (Å²) >= 11 is 5.73. The van der Waals surface area contributed by atoms with Crippen molar-refractivity contribution in [3.8, 4) is 0 Å². The summed E-state index contributed by atoms with van der Waals surface area (Å²) in [5.41, 5.74) is -0.297. The van der Waals surface area contributed by atoms with Gasteiger partial charge in [0.05, 0.1) is 5.56 Å². The Kier molecular flexibility index (Phi) is 5.54. The Morgan fingerprint density at radius 3 is 2.61 bits per heavy atom. The van der Waals surface area contributed by atoms with Crippen LogP contribution in [0, 0.1) is 17.6 Å². The first kappa shape index (κ1) is 14.9. The van der Waals surface area contributed by atoms with E-state index in [0.717, 1.165) is 18.2 Å². The van der Waals surface area contributed by atoms with Gasteiger partial charge in [0, 0.05) is 11.9 Å². The van der Waals surface area contributed by atoms with Crippen molar-refractivity contribution in [3.05, 3.63) is 35.4 Å². The maximum atomic E-state index is 13.4. The fraction of sp³-hybridized carbons (Fsp3) is 0.462. The molecular weight excluding hydrogens is 260 g/mol. The lowest BCUT2D eigenvalue weighted by Gasteiger charge is -2.18. The van der Waals surface area contributed by atoms with Crippen LogP contribution in [0.3, 0.4) is 0 Å². The molecule has 1 rings (SSSR count). The highest BCUT2D eigenvalue weighted by Crippen LogP contribution is 2.12. The molecule has 0 bridgehead atoms. The van der Waals surface area contributed by atoms with Crippen molar-refractivity contribution < 1.29 is 13.6 Å². The van der Waals surface area contributed by atoms with E-state index in [-0.39, 0.29) is 17.5 Å². The molecule has 0 spiro atoms. The molecule has 0 saturated carbocycles. The Labute approximate surface area is 110 Å². The Morgan fingerprint density at radius 2 is 2.06 bits per heavy atom. The predicted octanol–water partition coefficient (Wildman–Crippen LogP) is 3.35. The van der Waals surface area contributed by atoms with E-state index in [4.69, 9.17) is 11.6 Å². The largest absolute Gasteiger partial charge is 0.348 e. The van der Waals surface area contributed by atoms with Gasteiger partial charge in [-0.3, -0.25) is 4.79 Å². The van der Waals surface area contributed by atoms with E-state index < -0.39 is 17.5 Å². The average molecular weight is 276 g/mol. The zero-order valence-electron chi connectivity index (χ0n) is 10.3. The van der Waals surface area contributed by atoms with E-state index in [1.807, 2.05) is 13.8 Å². The van der Waals surface area contributed by atoms with Gasteiger partial charge >= 0.3 is 0 Å². The molecule has 1 aromatic rings. The first-order chi connectivity index (χ1) is 8.43. The monoisotopic (exact) mass is 275 g/mol. The van der Waals surface area contributed by atoms with E-state index in [9.17, 15) is 13.6 Å². The predicted molar refractivity (Wildman–Crippen MR) is 67.8 cm³/mol. The smallest absolute Gasteiger partial charge is 0.254 e. The Hall–Kier alpha value is -1.16. The molecule has 0 heterocycles. The molecule has 0 radical (unpaired) electrons. The van der Waals surface area contributed by atoms with Gasteiger partial charge in [-0.25, -0.2) is 8.78 Å². The molecule has 1 aromatic carbocycles. The molecule has 0 aliphatic carbocycles. The van der Waals surface area contributed by atoms with Crippen molar-refractivity contribution in [1.29, 1.82) is 0 Å². The number of hydrogen-bond acceptors (Lipinski definition) is 1. The Bertz CT molecular complexity index is 423. The molecule has 0 aliphatic heterocycles. The van der Waals surface area contributed by atoms with Crippen LogP contribution in [-0.2, 0) is 0 Å². The van der Waals surface area contributed by atoms with Gasteiger partial charge in [0.15, 0.2) is 0 Å². The molecule has 0 fully saturated rings. The van der Waals surface area contributed by atoms with Crippen molar-refractivity contribution >= 4 is 17.5 Å². The molecular formula is C13H16ClF2NO. The molecule has 1 amide bonds. The number of amides is 1. The molecule has 0 aliphatic rings. The maximum Gasteiger partial charge on any atom is 0.254 e. The van der Waals surface area contributed by atoms with Crippen molar-refractivity contribution in [3.63, 3.8) is 0 Å². The number of alkyl halides is 1. The normalized spacial score (nSPS) is 12.6. The van der Waals surface area contributed by atoms with Gasteiger partial charge < -0.3 is 5.32 Å². The highest BCUT2D eigenvalue weighted by atomic mass is 35.5. The standard InChI is InChI=1S/C13H16ClF2NO/c1-8(2)5-10(7-14)17-13(18)11-6-9(15)3-4-12(11)16/h3-4,6,8,10H,5,7H2,1-2H3,(H,17,18). The van der Waals surface area contributed by atoms with Crippen molar-refractivity contribution in [2.24, 2.45) is 5.92 Å². The van der Waals surface area contributed by atoms with Crippen LogP contribution in [0.2, 0.25) is 0 Å². The van der Waals surface area contributed by atoms with Crippen LogP contribution in [0.5, 0.6) is 0 Å². The van der Waals surface area contributed by atoms with Crippen molar-refractivity contribution in [1.82, 2.24) is 5.32 Å². The number of nitrogens with one attached hydrogen (secondary N) is 1. The van der Waals surface area contributed by atoms with Crippen LogP contribution >= 0.6 is 11.6 Å². The van der Waals surface area contributed by atoms with Gasteiger partial charge in [-0.2, -0.15) is 0 Å². The second-order valence-electron chi connectivity index (χ2n) is 4.58. The van der Waals surface area contributed by atoms with Gasteiger partial charge in [0.2, 0.25) is 0 Å². The molecule has 0 saturated heterocycles. The summed E-state index contributed by atoms with van der Waals surface area (Å²) in [5, 5.41) is 2.60. The fourth-order valence-corrected chi connectivity index (χ4v) is 1.87. The molecule has 1 N–H and O–H groups in total. The highest BCUT2D eigenvalue weighted by molar-refractivity contribution is 6.18. The van der Waals surface area contributed by atoms with Crippen LogP contribution in [0.25, 0.3) is 0 Å². The van der Waals surface area contributed by atoms with Crippen LogP contribution < -0.4 is 5.32 Å². The average Bonchev–Trinajstić information content (AvgIpc) is 2.30. The third kappa shape index (κ3) is 4.26. The minimum atomic E-state index is -0.744. The number of rotatable bonds is 5. The van der Waals surface area contributed by atoms with Crippen LogP contribution in [0.15, 0.2) is 18.2 Å². The Morgan fingerprint density at radius 1 is 1.39 bits per heavy atom. The van der Waals surface area contributed by atoms with E-state index in [1.54, 1.807) is 0 Å². The zero-order chi connectivity index (χ0) is 13.7. The van der Waals surface area contributed by atoms with Crippen molar-refractivity contribution in [2.45, 2.75) is 26.3 Å². The lowest BCUT2D eigenvalue weighted by atomic mass is 10.0. The number of hydrogen-bond donors (Lipinski definition) is 1. The van der Waals surface area contributed by atoms with E-state index in [2.05, 4.69) is 5.32 Å². The third-order valence-electron chi connectivity index (χ3n) is 2.45. The minimum Gasteiger partial charge on any atom is -0.348 e. The van der Waals surface area contributed by atoms with Crippen LogP contribution in [0.4, 0.5) is 8.78 Å². The van der Waals surface area contributed by atoms with E-state index in [0.29, 0.717) is 12.3 Å². The van der Waals surface area contributed by atoms with Gasteiger partial charge in [-0.1, -0.05) is 13.8 Å². The summed E-state index contributed by atoms with van der Waals surface area (Å²) in [6.45, 7) is 3.99. The minimum absolute atomic E-state index is 0.237. The third-order valence-corrected chi connectivity index (χ3v) is 2.82.